The highest BCUT2D eigenvalue weighted by atomic mass is 16.9. The van der Waals surface area contributed by atoms with Gasteiger partial charge in [0.15, 0.2) is 0 Å². The minimum Gasteiger partial charge on any atom is -0.490 e. The van der Waals surface area contributed by atoms with Crippen LogP contribution in [-0.4, -0.2) is 59.0 Å². The molecular weight excluding hydrogens is 418 g/mol. The van der Waals surface area contributed by atoms with Gasteiger partial charge < -0.3 is 30.3 Å². The number of nitrogens with one attached hydrogen (secondary N) is 3. The van der Waals surface area contributed by atoms with Crippen molar-refractivity contribution in [2.75, 3.05) is 26.3 Å². The lowest BCUT2D eigenvalue weighted by Crippen LogP contribution is -2.51. The van der Waals surface area contributed by atoms with Crippen molar-refractivity contribution in [2.45, 2.75) is 44.8 Å². The Morgan fingerprint density at radius 1 is 1.41 bits per heavy atom. The van der Waals surface area contributed by atoms with E-state index >= 15 is 0 Å². The molecule has 0 aliphatic rings. The Morgan fingerprint density at radius 3 is 2.91 bits per heavy atom. The zero-order valence-corrected chi connectivity index (χ0v) is 18.2. The molecule has 32 heavy (non-hydrogen) atoms. The van der Waals surface area contributed by atoms with E-state index in [-0.39, 0.29) is 32.1 Å². The molecule has 0 spiro atoms. The largest absolute Gasteiger partial charge is 0.490 e. The van der Waals surface area contributed by atoms with Crippen LogP contribution in [0.4, 0.5) is 0 Å². The molecule has 0 aliphatic carbocycles. The lowest BCUT2D eigenvalue weighted by Gasteiger charge is -2.28. The molecule has 1 unspecified atom stereocenters. The van der Waals surface area contributed by atoms with Crippen LogP contribution in [0.3, 0.4) is 0 Å². The molecule has 1 aromatic heterocycles. The van der Waals surface area contributed by atoms with Crippen LogP contribution in [0, 0.1) is 21.4 Å². The number of rotatable bonds is 14. The van der Waals surface area contributed by atoms with E-state index in [1.165, 1.54) is 0 Å². The Bertz CT molecular complexity index is 952. The lowest BCUT2D eigenvalue weighted by atomic mass is 10.1. The number of carbonyl (C=O) groups is 1. The van der Waals surface area contributed by atoms with E-state index in [9.17, 15) is 20.0 Å². The van der Waals surface area contributed by atoms with E-state index < -0.39 is 16.7 Å². The summed E-state index contributed by atoms with van der Waals surface area (Å²) in [6, 6.07) is 9.19. The van der Waals surface area contributed by atoms with Crippen LogP contribution >= 0.6 is 0 Å². The quantitative estimate of drug-likeness (QED) is 0.193. The van der Waals surface area contributed by atoms with Gasteiger partial charge in [0, 0.05) is 30.4 Å². The first-order valence-corrected chi connectivity index (χ1v) is 10.3. The molecule has 0 radical (unpaired) electrons. The molecule has 4 N–H and O–H groups in total. The number of benzene rings is 1. The number of unbranched alkanes of at least 4 members (excludes halogenated alkanes) is 1. The van der Waals surface area contributed by atoms with E-state index in [2.05, 4.69) is 26.5 Å². The summed E-state index contributed by atoms with van der Waals surface area (Å²) in [5, 5.41) is 35.3. The van der Waals surface area contributed by atoms with Gasteiger partial charge in [-0.05, 0) is 44.9 Å². The van der Waals surface area contributed by atoms with Gasteiger partial charge in [0.1, 0.15) is 30.2 Å². The van der Waals surface area contributed by atoms with Gasteiger partial charge in [-0.3, -0.25) is 4.79 Å². The minimum atomic E-state index is -0.848. The third kappa shape index (κ3) is 8.41. The molecule has 1 amide bonds. The van der Waals surface area contributed by atoms with Gasteiger partial charge in [0.05, 0.1) is 12.1 Å². The molecule has 1 atom stereocenters. The van der Waals surface area contributed by atoms with Crippen molar-refractivity contribution in [1.29, 1.82) is 5.26 Å². The summed E-state index contributed by atoms with van der Waals surface area (Å²) in [6.45, 7) is 4.45. The number of amides is 1. The van der Waals surface area contributed by atoms with Crippen molar-refractivity contribution in [1.82, 2.24) is 15.6 Å². The molecule has 0 saturated carbocycles. The lowest BCUT2D eigenvalue weighted by molar-refractivity contribution is -0.757. The highest BCUT2D eigenvalue weighted by molar-refractivity contribution is 5.87. The first kappa shape index (κ1) is 24.9. The van der Waals surface area contributed by atoms with Gasteiger partial charge in [-0.15, -0.1) is 10.1 Å². The van der Waals surface area contributed by atoms with Crippen molar-refractivity contribution in [3.8, 4) is 11.8 Å². The Kier molecular flexibility index (Phi) is 9.24. The Morgan fingerprint density at radius 2 is 2.19 bits per heavy atom. The topological polar surface area (TPSA) is 163 Å². The standard InChI is InChI=1S/C21H29N5O6/c1-21(2,14-23-20(28)8-3-4-9-32-26(29)30)24-12-16(27)13-31-19-7-5-6-18-17(19)10-15(11-22)25-18/h5-7,10,16,24-25,27H,3-4,8-9,12-14H2,1-2H3,(H,23,28). The molecule has 11 heteroatoms. The maximum atomic E-state index is 11.9. The van der Waals surface area contributed by atoms with E-state index in [1.807, 2.05) is 19.9 Å². The first-order chi connectivity index (χ1) is 15.2. The predicted molar refractivity (Wildman–Crippen MR) is 116 cm³/mol. The summed E-state index contributed by atoms with van der Waals surface area (Å²) in [7, 11) is 0. The summed E-state index contributed by atoms with van der Waals surface area (Å²) >= 11 is 0. The maximum Gasteiger partial charge on any atom is 0.294 e. The van der Waals surface area contributed by atoms with Crippen LogP contribution in [0.15, 0.2) is 24.3 Å². The Balaban J connectivity index is 1.69. The summed E-state index contributed by atoms with van der Waals surface area (Å²) in [6.07, 6.45) is 0.395. The average molecular weight is 447 g/mol. The predicted octanol–water partition coefficient (Wildman–Crippen LogP) is 1.64. The highest BCUT2D eigenvalue weighted by Crippen LogP contribution is 2.26. The normalized spacial score (nSPS) is 12.2. The zero-order chi connectivity index (χ0) is 23.6. The molecule has 2 rings (SSSR count). The molecule has 0 bridgehead atoms. The van der Waals surface area contributed by atoms with E-state index in [0.29, 0.717) is 30.8 Å². The van der Waals surface area contributed by atoms with Crippen molar-refractivity contribution in [2.24, 2.45) is 0 Å². The van der Waals surface area contributed by atoms with Crippen LogP contribution in [0.25, 0.3) is 10.9 Å². The minimum absolute atomic E-state index is 0.0225. The fourth-order valence-corrected chi connectivity index (χ4v) is 2.95. The number of nitriles is 1. The second-order valence-electron chi connectivity index (χ2n) is 8.03. The summed E-state index contributed by atoms with van der Waals surface area (Å²) < 4.78 is 5.74. The maximum absolute atomic E-state index is 11.9. The third-order valence-electron chi connectivity index (χ3n) is 4.71. The van der Waals surface area contributed by atoms with E-state index in [1.54, 1.807) is 18.2 Å². The van der Waals surface area contributed by atoms with E-state index in [4.69, 9.17) is 10.00 Å². The van der Waals surface area contributed by atoms with Crippen LogP contribution in [0.2, 0.25) is 0 Å². The molecule has 1 aromatic carbocycles. The number of β-amino-alcohol motifs (C(OH)–C–C–N with tert-alkyl or cyclic N) is 1. The number of aliphatic hydroxyl groups excluding tert-OH is 1. The summed E-state index contributed by atoms with van der Waals surface area (Å²) in [5.41, 5.74) is 0.758. The van der Waals surface area contributed by atoms with Crippen LogP contribution in [0.1, 0.15) is 38.8 Å². The number of nitrogens with zero attached hydrogens (tertiary/aromatic N) is 2. The second-order valence-corrected chi connectivity index (χ2v) is 8.03. The number of H-pyrrole nitrogens is 1. The monoisotopic (exact) mass is 447 g/mol. The zero-order valence-electron chi connectivity index (χ0n) is 18.2. The van der Waals surface area contributed by atoms with Gasteiger partial charge in [0.25, 0.3) is 5.09 Å². The molecule has 0 fully saturated rings. The Hall–Kier alpha value is -3.36. The number of carbonyl (C=O) groups excluding carboxylic acids is 1. The summed E-state index contributed by atoms with van der Waals surface area (Å²) in [5.74, 6) is 0.427. The molecule has 11 nitrogen and oxygen atoms in total. The molecule has 0 saturated heterocycles. The fourth-order valence-electron chi connectivity index (χ4n) is 2.95. The van der Waals surface area contributed by atoms with E-state index in [0.717, 1.165) is 10.9 Å². The molecule has 1 heterocycles. The number of ether oxygens (including phenoxy) is 1. The number of hydrogen-bond donors (Lipinski definition) is 4. The van der Waals surface area contributed by atoms with Crippen molar-refractivity contribution < 1.29 is 24.6 Å². The van der Waals surface area contributed by atoms with Crippen molar-refractivity contribution >= 4 is 16.8 Å². The van der Waals surface area contributed by atoms with Gasteiger partial charge in [-0.2, -0.15) is 5.26 Å². The van der Waals surface area contributed by atoms with Crippen LogP contribution < -0.4 is 15.4 Å². The second kappa shape index (κ2) is 11.9. The Labute approximate surface area is 185 Å². The fraction of sp³-hybridized carbons (Fsp3) is 0.524. The number of aromatic amines is 1. The first-order valence-electron chi connectivity index (χ1n) is 10.3. The van der Waals surface area contributed by atoms with Gasteiger partial charge in [-0.1, -0.05) is 6.07 Å². The number of fused-ring (bicyclic) bond motifs is 1. The molecular formula is C21H29N5O6. The van der Waals surface area contributed by atoms with Gasteiger partial charge in [0.2, 0.25) is 5.91 Å². The molecule has 0 aliphatic heterocycles. The highest BCUT2D eigenvalue weighted by Gasteiger charge is 2.20. The number of hydrogen-bond acceptors (Lipinski definition) is 8. The van der Waals surface area contributed by atoms with Gasteiger partial charge >= 0.3 is 0 Å². The molecule has 2 aromatic rings. The van der Waals surface area contributed by atoms with Crippen LogP contribution in [0.5, 0.6) is 5.75 Å². The average Bonchev–Trinajstić information content (AvgIpc) is 3.18. The SMILES string of the molecule is CC(C)(CNC(=O)CCCCO[N+](=O)[O-])NCC(O)COc1cccc2[nH]c(C#N)cc12. The molecule has 174 valence electrons. The smallest absolute Gasteiger partial charge is 0.294 e. The summed E-state index contributed by atoms with van der Waals surface area (Å²) in [4.78, 5) is 29.1. The third-order valence-corrected chi connectivity index (χ3v) is 4.71. The van der Waals surface area contributed by atoms with Crippen LogP contribution in [-0.2, 0) is 9.63 Å². The number of aliphatic hydroxyl groups is 1. The van der Waals surface area contributed by atoms with Crippen molar-refractivity contribution in [3.05, 3.63) is 40.1 Å². The van der Waals surface area contributed by atoms with Gasteiger partial charge in [-0.25, -0.2) is 0 Å². The number of aromatic nitrogens is 1. The van der Waals surface area contributed by atoms with Crippen molar-refractivity contribution in [3.63, 3.8) is 0 Å².